The lowest BCUT2D eigenvalue weighted by molar-refractivity contribution is 0.0252. The SMILES string of the molecule is COc1ccc(COC[C@](C)(/C=C/CO[Si](C)(C)C(C)(C)C)C2CCCCC2)cc1. The molecular formula is C26H44O3Si. The zero-order valence-corrected chi connectivity index (χ0v) is 21.4. The Morgan fingerprint density at radius 3 is 2.20 bits per heavy atom. The average Bonchev–Trinajstić information content (AvgIpc) is 2.71. The van der Waals surface area contributed by atoms with E-state index in [2.05, 4.69) is 65.1 Å². The molecule has 0 aromatic heterocycles. The van der Waals surface area contributed by atoms with Gasteiger partial charge in [-0.15, -0.1) is 0 Å². The van der Waals surface area contributed by atoms with E-state index in [9.17, 15) is 0 Å². The van der Waals surface area contributed by atoms with Crippen LogP contribution in [0.1, 0.15) is 65.4 Å². The highest BCUT2D eigenvalue weighted by Crippen LogP contribution is 2.40. The Labute approximate surface area is 186 Å². The van der Waals surface area contributed by atoms with E-state index in [1.54, 1.807) is 7.11 Å². The molecule has 1 saturated carbocycles. The lowest BCUT2D eigenvalue weighted by Gasteiger charge is -2.38. The molecule has 0 aliphatic heterocycles. The van der Waals surface area contributed by atoms with E-state index in [0.717, 1.165) is 12.4 Å². The summed E-state index contributed by atoms with van der Waals surface area (Å²) in [7, 11) is -0.0142. The summed E-state index contributed by atoms with van der Waals surface area (Å²) in [5, 5.41) is 0.245. The molecule has 0 amide bonds. The normalized spacial score (nSPS) is 18.5. The molecule has 1 aliphatic rings. The van der Waals surface area contributed by atoms with Crippen LogP contribution in [0.15, 0.2) is 36.4 Å². The van der Waals surface area contributed by atoms with Crippen molar-refractivity contribution in [2.24, 2.45) is 11.3 Å². The Kier molecular flexibility index (Phi) is 9.20. The van der Waals surface area contributed by atoms with Crippen LogP contribution in [0.5, 0.6) is 5.75 Å². The van der Waals surface area contributed by atoms with Crippen molar-refractivity contribution in [2.75, 3.05) is 20.3 Å². The molecule has 1 aromatic carbocycles. The summed E-state index contributed by atoms with van der Waals surface area (Å²) in [4.78, 5) is 0. The fourth-order valence-electron chi connectivity index (χ4n) is 3.96. The molecule has 170 valence electrons. The van der Waals surface area contributed by atoms with Crippen molar-refractivity contribution >= 4 is 8.32 Å². The van der Waals surface area contributed by atoms with Crippen LogP contribution in [0.3, 0.4) is 0 Å². The molecule has 0 heterocycles. The summed E-state index contributed by atoms with van der Waals surface area (Å²) < 4.78 is 17.9. The Morgan fingerprint density at radius 2 is 1.63 bits per heavy atom. The second-order valence-corrected chi connectivity index (χ2v) is 15.5. The standard InChI is InChI=1S/C26H44O3Si/c1-25(2,3)30(6,7)29-19-11-18-26(4,23-12-9-8-10-13-23)21-28-20-22-14-16-24(27-5)17-15-22/h11,14-18,23H,8-10,12-13,19-21H2,1-7H3/b18-11+/t26-/m0/s1. The highest BCUT2D eigenvalue weighted by Gasteiger charge is 2.37. The predicted octanol–water partition coefficient (Wildman–Crippen LogP) is 7.38. The molecule has 4 heteroatoms. The summed E-state index contributed by atoms with van der Waals surface area (Å²) in [6, 6.07) is 8.16. The van der Waals surface area contributed by atoms with Crippen LogP contribution in [-0.4, -0.2) is 28.6 Å². The highest BCUT2D eigenvalue weighted by atomic mass is 28.4. The van der Waals surface area contributed by atoms with Gasteiger partial charge in [-0.05, 0) is 54.6 Å². The zero-order valence-electron chi connectivity index (χ0n) is 20.4. The minimum Gasteiger partial charge on any atom is -0.497 e. The lowest BCUT2D eigenvalue weighted by atomic mass is 9.70. The smallest absolute Gasteiger partial charge is 0.192 e. The molecule has 3 nitrogen and oxygen atoms in total. The minimum absolute atomic E-state index is 0.0592. The van der Waals surface area contributed by atoms with E-state index >= 15 is 0 Å². The van der Waals surface area contributed by atoms with Crippen molar-refractivity contribution in [1.29, 1.82) is 0 Å². The molecule has 0 unspecified atom stereocenters. The first-order chi connectivity index (χ1) is 14.1. The number of rotatable bonds is 10. The first-order valence-corrected chi connectivity index (χ1v) is 14.5. The van der Waals surface area contributed by atoms with E-state index in [1.807, 2.05) is 12.1 Å². The number of hydrogen-bond acceptors (Lipinski definition) is 3. The summed E-state index contributed by atoms with van der Waals surface area (Å²) in [6.07, 6.45) is 11.3. The van der Waals surface area contributed by atoms with Gasteiger partial charge in [0.15, 0.2) is 8.32 Å². The maximum atomic E-state index is 6.37. The van der Waals surface area contributed by atoms with Crippen molar-refractivity contribution in [3.05, 3.63) is 42.0 Å². The maximum absolute atomic E-state index is 6.37. The van der Waals surface area contributed by atoms with E-state index in [0.29, 0.717) is 19.1 Å². The van der Waals surface area contributed by atoms with Gasteiger partial charge in [0.1, 0.15) is 5.75 Å². The van der Waals surface area contributed by atoms with Crippen molar-refractivity contribution < 1.29 is 13.9 Å². The number of hydrogen-bond donors (Lipinski definition) is 0. The summed E-state index contributed by atoms with van der Waals surface area (Å²) >= 11 is 0. The molecule has 1 aliphatic carbocycles. The third-order valence-corrected chi connectivity index (χ3v) is 11.7. The van der Waals surface area contributed by atoms with Crippen molar-refractivity contribution in [2.45, 2.75) is 84.5 Å². The molecule has 0 bridgehead atoms. The van der Waals surface area contributed by atoms with Crippen LogP contribution in [0.25, 0.3) is 0 Å². The van der Waals surface area contributed by atoms with Crippen LogP contribution in [0, 0.1) is 11.3 Å². The summed E-state index contributed by atoms with van der Waals surface area (Å²) in [5.74, 6) is 1.57. The number of benzene rings is 1. The first-order valence-electron chi connectivity index (χ1n) is 11.6. The van der Waals surface area contributed by atoms with Crippen molar-refractivity contribution in [3.63, 3.8) is 0 Å². The molecule has 0 N–H and O–H groups in total. The second kappa shape index (κ2) is 11.0. The summed E-state index contributed by atoms with van der Waals surface area (Å²) in [6.45, 7) is 16.0. The molecule has 0 spiro atoms. The average molecular weight is 433 g/mol. The van der Waals surface area contributed by atoms with E-state index < -0.39 is 8.32 Å². The van der Waals surface area contributed by atoms with Gasteiger partial charge >= 0.3 is 0 Å². The highest BCUT2D eigenvalue weighted by molar-refractivity contribution is 6.74. The fraction of sp³-hybridized carbons (Fsp3) is 0.692. The molecular weight excluding hydrogens is 388 g/mol. The Balaban J connectivity index is 1.98. The zero-order chi connectivity index (χ0) is 22.3. The van der Waals surface area contributed by atoms with Gasteiger partial charge in [-0.1, -0.05) is 71.2 Å². The molecule has 0 saturated heterocycles. The van der Waals surface area contributed by atoms with Gasteiger partial charge in [-0.25, -0.2) is 0 Å². The third-order valence-electron chi connectivity index (χ3n) is 7.22. The van der Waals surface area contributed by atoms with Gasteiger partial charge in [0, 0.05) is 5.41 Å². The predicted molar refractivity (Wildman–Crippen MR) is 130 cm³/mol. The largest absolute Gasteiger partial charge is 0.497 e. The number of ether oxygens (including phenoxy) is 2. The van der Waals surface area contributed by atoms with Gasteiger partial charge in [0.25, 0.3) is 0 Å². The Morgan fingerprint density at radius 1 is 1.00 bits per heavy atom. The van der Waals surface area contributed by atoms with Gasteiger partial charge in [0.2, 0.25) is 0 Å². The van der Waals surface area contributed by atoms with Crippen molar-refractivity contribution in [3.8, 4) is 5.75 Å². The van der Waals surface area contributed by atoms with Crippen LogP contribution in [0.4, 0.5) is 0 Å². The van der Waals surface area contributed by atoms with Crippen LogP contribution >= 0.6 is 0 Å². The molecule has 1 aromatic rings. The van der Waals surface area contributed by atoms with Crippen LogP contribution in [-0.2, 0) is 15.8 Å². The van der Waals surface area contributed by atoms with Gasteiger partial charge in [-0.3, -0.25) is 0 Å². The van der Waals surface area contributed by atoms with Crippen LogP contribution < -0.4 is 4.74 Å². The maximum Gasteiger partial charge on any atom is 0.192 e. The lowest BCUT2D eigenvalue weighted by Crippen LogP contribution is -2.40. The van der Waals surface area contributed by atoms with E-state index in [4.69, 9.17) is 13.9 Å². The molecule has 2 rings (SSSR count). The van der Waals surface area contributed by atoms with E-state index in [-0.39, 0.29) is 10.5 Å². The van der Waals surface area contributed by atoms with Crippen LogP contribution in [0.2, 0.25) is 18.1 Å². The topological polar surface area (TPSA) is 27.7 Å². The minimum atomic E-state index is -1.71. The Hall–Kier alpha value is -1.10. The quantitative estimate of drug-likeness (QED) is 0.285. The van der Waals surface area contributed by atoms with Gasteiger partial charge in [-0.2, -0.15) is 0 Å². The second-order valence-electron chi connectivity index (χ2n) is 10.7. The van der Waals surface area contributed by atoms with E-state index in [1.165, 1.54) is 37.7 Å². The number of methoxy groups -OCH3 is 1. The fourth-order valence-corrected chi connectivity index (χ4v) is 4.91. The van der Waals surface area contributed by atoms with Gasteiger partial charge < -0.3 is 13.9 Å². The first kappa shape index (κ1) is 25.2. The third kappa shape index (κ3) is 7.25. The molecule has 1 atom stereocenters. The van der Waals surface area contributed by atoms with Gasteiger partial charge in [0.05, 0.1) is 26.9 Å². The summed E-state index contributed by atoms with van der Waals surface area (Å²) in [5.41, 5.74) is 1.25. The van der Waals surface area contributed by atoms with Crippen molar-refractivity contribution in [1.82, 2.24) is 0 Å². The molecule has 0 radical (unpaired) electrons. The monoisotopic (exact) mass is 432 g/mol. The Bertz CT molecular complexity index is 654. The molecule has 30 heavy (non-hydrogen) atoms. The molecule has 1 fully saturated rings.